The molecule has 2 aromatic heterocycles. The number of hydrogen-bond donors (Lipinski definition) is 0. The normalized spacial score (nSPS) is 10.4. The molecule has 0 amide bonds. The molecule has 0 fully saturated rings. The Hall–Kier alpha value is -1.58. The summed E-state index contributed by atoms with van der Waals surface area (Å²) in [5.41, 5.74) is 1.29. The molecule has 0 saturated carbocycles. The molecule has 10 heavy (non-hydrogen) atoms. The van der Waals surface area contributed by atoms with Gasteiger partial charge in [-0.1, -0.05) is 6.58 Å². The number of aromatic nitrogens is 3. The maximum Gasteiger partial charge on any atom is 0.220 e. The third kappa shape index (κ3) is 0.556. The number of fused-ring (bicyclic) bond motifs is 1. The smallest absolute Gasteiger partial charge is 0.220 e. The van der Waals surface area contributed by atoms with Crippen LogP contribution in [0.25, 0.3) is 17.4 Å². The standard InChI is InChI=1S/C6H5N3O/c1-2-9-3-5-6(8-9)7-4-10-5/h2-4H,1H2. The van der Waals surface area contributed by atoms with Gasteiger partial charge in [-0.3, -0.25) is 0 Å². The third-order valence-electron chi connectivity index (χ3n) is 1.22. The number of rotatable bonds is 1. The van der Waals surface area contributed by atoms with Gasteiger partial charge in [-0.15, -0.1) is 5.10 Å². The summed E-state index contributed by atoms with van der Waals surface area (Å²) in [6, 6.07) is 0. The van der Waals surface area contributed by atoms with Crippen molar-refractivity contribution in [2.75, 3.05) is 0 Å². The highest BCUT2D eigenvalue weighted by atomic mass is 16.3. The van der Waals surface area contributed by atoms with E-state index in [1.807, 2.05) is 0 Å². The molecule has 0 aliphatic heterocycles. The van der Waals surface area contributed by atoms with E-state index in [9.17, 15) is 0 Å². The van der Waals surface area contributed by atoms with Crippen LogP contribution in [0.5, 0.6) is 0 Å². The second kappa shape index (κ2) is 1.70. The zero-order chi connectivity index (χ0) is 6.97. The zero-order valence-electron chi connectivity index (χ0n) is 5.19. The van der Waals surface area contributed by atoms with Crippen LogP contribution in [0.1, 0.15) is 0 Å². The van der Waals surface area contributed by atoms with Gasteiger partial charge in [0.25, 0.3) is 0 Å². The third-order valence-corrected chi connectivity index (χ3v) is 1.22. The fourth-order valence-electron chi connectivity index (χ4n) is 0.765. The molecule has 0 saturated heterocycles. The van der Waals surface area contributed by atoms with Gasteiger partial charge < -0.3 is 4.42 Å². The summed E-state index contributed by atoms with van der Waals surface area (Å²) < 4.78 is 6.51. The SMILES string of the molecule is C=Cn1cc2ocnc2n1. The molecule has 0 unspecified atom stereocenters. The van der Waals surface area contributed by atoms with Gasteiger partial charge >= 0.3 is 0 Å². The first-order valence-corrected chi connectivity index (χ1v) is 2.81. The zero-order valence-corrected chi connectivity index (χ0v) is 5.19. The van der Waals surface area contributed by atoms with E-state index in [-0.39, 0.29) is 0 Å². The molecule has 2 aromatic rings. The van der Waals surface area contributed by atoms with E-state index in [1.54, 1.807) is 17.1 Å². The Morgan fingerprint density at radius 1 is 1.70 bits per heavy atom. The highest BCUT2D eigenvalue weighted by Gasteiger charge is 2.00. The van der Waals surface area contributed by atoms with Crippen molar-refractivity contribution in [1.82, 2.24) is 14.8 Å². The van der Waals surface area contributed by atoms with Crippen LogP contribution in [-0.2, 0) is 0 Å². The molecule has 0 aliphatic carbocycles. The van der Waals surface area contributed by atoms with Crippen molar-refractivity contribution in [1.29, 1.82) is 0 Å². The van der Waals surface area contributed by atoms with Gasteiger partial charge in [0.2, 0.25) is 5.65 Å². The Kier molecular flexibility index (Phi) is 0.887. The van der Waals surface area contributed by atoms with Gasteiger partial charge in [-0.2, -0.15) is 4.98 Å². The molecule has 0 aromatic carbocycles. The molecule has 4 nitrogen and oxygen atoms in total. The summed E-state index contributed by atoms with van der Waals surface area (Å²) in [5, 5.41) is 3.98. The van der Waals surface area contributed by atoms with E-state index in [1.165, 1.54) is 6.39 Å². The first-order valence-electron chi connectivity index (χ1n) is 2.81. The largest absolute Gasteiger partial charge is 0.440 e. The Labute approximate surface area is 56.8 Å². The van der Waals surface area contributed by atoms with E-state index in [4.69, 9.17) is 4.42 Å². The van der Waals surface area contributed by atoms with Crippen molar-refractivity contribution in [3.05, 3.63) is 19.2 Å². The molecular formula is C6H5N3O. The lowest BCUT2D eigenvalue weighted by atomic mass is 10.6. The van der Waals surface area contributed by atoms with E-state index in [0.717, 1.165) is 0 Å². The Morgan fingerprint density at radius 2 is 2.60 bits per heavy atom. The molecule has 0 radical (unpaired) electrons. The van der Waals surface area contributed by atoms with Crippen LogP contribution in [0.3, 0.4) is 0 Å². The maximum atomic E-state index is 4.96. The summed E-state index contributed by atoms with van der Waals surface area (Å²) in [4.78, 5) is 3.84. The lowest BCUT2D eigenvalue weighted by Crippen LogP contribution is -1.83. The van der Waals surface area contributed by atoms with Crippen molar-refractivity contribution in [2.45, 2.75) is 0 Å². The molecule has 2 rings (SSSR count). The van der Waals surface area contributed by atoms with Crippen molar-refractivity contribution in [2.24, 2.45) is 0 Å². The second-order valence-electron chi connectivity index (χ2n) is 1.83. The molecule has 0 aliphatic rings. The van der Waals surface area contributed by atoms with Crippen LogP contribution >= 0.6 is 0 Å². The minimum absolute atomic E-state index is 0.611. The van der Waals surface area contributed by atoms with Crippen LogP contribution in [0.15, 0.2) is 23.6 Å². The highest BCUT2D eigenvalue weighted by Crippen LogP contribution is 2.08. The van der Waals surface area contributed by atoms with Gasteiger partial charge in [-0.25, -0.2) is 4.68 Å². The van der Waals surface area contributed by atoms with E-state index in [2.05, 4.69) is 16.7 Å². The van der Waals surface area contributed by atoms with Gasteiger partial charge in [0.05, 0.1) is 6.20 Å². The Balaban J connectivity index is 2.78. The van der Waals surface area contributed by atoms with Gasteiger partial charge in [0, 0.05) is 6.20 Å². The molecule has 0 spiro atoms. The van der Waals surface area contributed by atoms with Gasteiger partial charge in [-0.05, 0) is 0 Å². The van der Waals surface area contributed by atoms with Crippen LogP contribution in [0, 0.1) is 0 Å². The van der Waals surface area contributed by atoms with Crippen molar-refractivity contribution in [3.8, 4) is 0 Å². The molecule has 0 bridgehead atoms. The van der Waals surface area contributed by atoms with Gasteiger partial charge in [0.15, 0.2) is 12.0 Å². The minimum Gasteiger partial charge on any atom is -0.440 e. The molecule has 0 N–H and O–H groups in total. The predicted molar refractivity (Wildman–Crippen MR) is 36.2 cm³/mol. The topological polar surface area (TPSA) is 43.9 Å². The first-order chi connectivity index (χ1) is 4.90. The van der Waals surface area contributed by atoms with E-state index >= 15 is 0 Å². The van der Waals surface area contributed by atoms with Crippen LogP contribution < -0.4 is 0 Å². The van der Waals surface area contributed by atoms with Crippen molar-refractivity contribution in [3.63, 3.8) is 0 Å². The molecule has 0 atom stereocenters. The molecular weight excluding hydrogens is 130 g/mol. The predicted octanol–water partition coefficient (Wildman–Crippen LogP) is 1.12. The lowest BCUT2D eigenvalue weighted by molar-refractivity contribution is 0.600. The fourth-order valence-corrected chi connectivity index (χ4v) is 0.765. The summed E-state index contributed by atoms with van der Waals surface area (Å²) in [5.74, 6) is 0. The second-order valence-corrected chi connectivity index (χ2v) is 1.83. The number of oxazole rings is 1. The molecule has 50 valence electrons. The van der Waals surface area contributed by atoms with Crippen molar-refractivity contribution < 1.29 is 4.42 Å². The Bertz CT molecular complexity index is 331. The van der Waals surface area contributed by atoms with E-state index in [0.29, 0.717) is 11.2 Å². The molecule has 2 heterocycles. The summed E-state index contributed by atoms with van der Waals surface area (Å²) in [7, 11) is 0. The average molecular weight is 135 g/mol. The van der Waals surface area contributed by atoms with E-state index < -0.39 is 0 Å². The average Bonchev–Trinajstić information content (AvgIpc) is 2.42. The minimum atomic E-state index is 0.611. The summed E-state index contributed by atoms with van der Waals surface area (Å²) in [6.07, 6.45) is 4.66. The molecule has 4 heteroatoms. The van der Waals surface area contributed by atoms with Crippen molar-refractivity contribution >= 4 is 17.4 Å². The fraction of sp³-hybridized carbons (Fsp3) is 0. The number of hydrogen-bond acceptors (Lipinski definition) is 3. The monoisotopic (exact) mass is 135 g/mol. The van der Waals surface area contributed by atoms with Crippen LogP contribution in [-0.4, -0.2) is 14.8 Å². The highest BCUT2D eigenvalue weighted by molar-refractivity contribution is 5.66. The quantitative estimate of drug-likeness (QED) is 0.588. The Morgan fingerprint density at radius 3 is 3.30 bits per heavy atom. The van der Waals surface area contributed by atoms with Crippen LogP contribution in [0.2, 0.25) is 0 Å². The summed E-state index contributed by atoms with van der Waals surface area (Å²) >= 11 is 0. The lowest BCUT2D eigenvalue weighted by Gasteiger charge is -1.81. The summed E-state index contributed by atoms with van der Waals surface area (Å²) in [6.45, 7) is 3.54. The number of nitrogens with zero attached hydrogens (tertiary/aromatic N) is 3. The first kappa shape index (κ1) is 5.22. The van der Waals surface area contributed by atoms with Crippen LogP contribution in [0.4, 0.5) is 0 Å². The maximum absolute atomic E-state index is 4.96. The van der Waals surface area contributed by atoms with Gasteiger partial charge in [0.1, 0.15) is 0 Å².